The molecule has 27 heavy (non-hydrogen) atoms. The summed E-state index contributed by atoms with van der Waals surface area (Å²) < 4.78 is 67.7. The van der Waals surface area contributed by atoms with Crippen LogP contribution in [0.15, 0.2) is 29.7 Å². The van der Waals surface area contributed by atoms with Crippen LogP contribution >= 0.6 is 0 Å². The number of carbonyl (C=O) groups excluding carboxylic acids is 1. The first-order chi connectivity index (χ1) is 12.8. The van der Waals surface area contributed by atoms with Gasteiger partial charge in [-0.15, -0.1) is 0 Å². The summed E-state index contributed by atoms with van der Waals surface area (Å²) >= 11 is 0. The lowest BCUT2D eigenvalue weighted by Gasteiger charge is -2.34. The minimum atomic E-state index is -4.34. The van der Waals surface area contributed by atoms with E-state index in [0.29, 0.717) is 18.7 Å². The second-order valence-corrected chi connectivity index (χ2v) is 7.77. The highest BCUT2D eigenvalue weighted by molar-refractivity contribution is 7.89. The Morgan fingerprint density at radius 1 is 1.07 bits per heavy atom. The van der Waals surface area contributed by atoms with Gasteiger partial charge in [0.2, 0.25) is 15.9 Å². The van der Waals surface area contributed by atoms with Gasteiger partial charge in [-0.2, -0.15) is 9.40 Å². The maximum absolute atomic E-state index is 13.9. The lowest BCUT2D eigenvalue weighted by molar-refractivity contribution is -0.132. The molecule has 1 fully saturated rings. The Morgan fingerprint density at radius 2 is 1.78 bits per heavy atom. The predicted octanol–water partition coefficient (Wildman–Crippen LogP) is 0.619. The second kappa shape index (κ2) is 7.64. The summed E-state index contributed by atoms with van der Waals surface area (Å²) in [6, 6.07) is 1.26. The monoisotopic (exact) mass is 403 g/mol. The highest BCUT2D eigenvalue weighted by Gasteiger charge is 2.33. The molecule has 3 rings (SSSR count). The lowest BCUT2D eigenvalue weighted by Crippen LogP contribution is -2.50. The van der Waals surface area contributed by atoms with Crippen molar-refractivity contribution in [2.75, 3.05) is 26.2 Å². The number of benzene rings is 1. The molecule has 8 nitrogen and oxygen atoms in total. The number of hydrogen-bond donors (Lipinski definition) is 0. The van der Waals surface area contributed by atoms with E-state index in [9.17, 15) is 26.4 Å². The smallest absolute Gasteiger partial charge is 0.246 e. The number of hydrogen-bond acceptors (Lipinski definition) is 5. The molecule has 0 radical (unpaired) electrons. The Morgan fingerprint density at radius 3 is 2.41 bits per heavy atom. The van der Waals surface area contributed by atoms with Gasteiger partial charge < -0.3 is 4.90 Å². The number of halogens is 3. The minimum absolute atomic E-state index is 0.0736. The topological polar surface area (TPSA) is 88.4 Å². The van der Waals surface area contributed by atoms with Crippen molar-refractivity contribution in [2.24, 2.45) is 0 Å². The van der Waals surface area contributed by atoms with E-state index in [1.165, 1.54) is 22.2 Å². The molecule has 1 amide bonds. The van der Waals surface area contributed by atoms with Crippen molar-refractivity contribution in [1.29, 1.82) is 0 Å². The predicted molar refractivity (Wildman–Crippen MR) is 86.3 cm³/mol. The summed E-state index contributed by atoms with van der Waals surface area (Å²) in [7, 11) is -4.34. The van der Waals surface area contributed by atoms with Crippen molar-refractivity contribution in [2.45, 2.75) is 17.9 Å². The van der Waals surface area contributed by atoms with Gasteiger partial charge >= 0.3 is 0 Å². The van der Waals surface area contributed by atoms with Gasteiger partial charge in [0, 0.05) is 32.6 Å². The number of piperazine rings is 1. The number of aryl methyl sites for hydroxylation is 1. The first-order valence-corrected chi connectivity index (χ1v) is 9.48. The first kappa shape index (κ1) is 19.3. The molecule has 0 spiro atoms. The van der Waals surface area contributed by atoms with E-state index in [2.05, 4.69) is 10.1 Å². The van der Waals surface area contributed by atoms with Crippen LogP contribution in [0.5, 0.6) is 0 Å². The van der Waals surface area contributed by atoms with Crippen molar-refractivity contribution < 1.29 is 26.4 Å². The highest BCUT2D eigenvalue weighted by atomic mass is 32.2. The van der Waals surface area contributed by atoms with E-state index in [1.807, 2.05) is 0 Å². The third-order valence-electron chi connectivity index (χ3n) is 4.23. The van der Waals surface area contributed by atoms with Gasteiger partial charge in [-0.1, -0.05) is 0 Å². The van der Waals surface area contributed by atoms with E-state index in [-0.39, 0.29) is 38.5 Å². The van der Waals surface area contributed by atoms with Crippen LogP contribution < -0.4 is 0 Å². The molecule has 1 aromatic heterocycles. The third-order valence-corrected chi connectivity index (χ3v) is 6.15. The number of nitrogens with zero attached hydrogens (tertiary/aromatic N) is 5. The second-order valence-electron chi connectivity index (χ2n) is 5.87. The van der Waals surface area contributed by atoms with Crippen LogP contribution in [0.25, 0.3) is 0 Å². The van der Waals surface area contributed by atoms with Crippen LogP contribution in [-0.4, -0.2) is 64.5 Å². The number of aromatic nitrogens is 3. The van der Waals surface area contributed by atoms with Gasteiger partial charge in [0.05, 0.1) is 6.54 Å². The Hall–Kier alpha value is -2.47. The van der Waals surface area contributed by atoms with Gasteiger partial charge in [-0.3, -0.25) is 9.48 Å². The third kappa shape index (κ3) is 3.95. The average Bonchev–Trinajstić information content (AvgIpc) is 3.17. The lowest BCUT2D eigenvalue weighted by atomic mass is 10.3. The van der Waals surface area contributed by atoms with Gasteiger partial charge in [-0.05, 0) is 12.1 Å². The Bertz CT molecular complexity index is 928. The maximum Gasteiger partial charge on any atom is 0.246 e. The van der Waals surface area contributed by atoms with Crippen LogP contribution in [0.2, 0.25) is 0 Å². The van der Waals surface area contributed by atoms with Gasteiger partial charge in [0.15, 0.2) is 17.5 Å². The summed E-state index contributed by atoms with van der Waals surface area (Å²) in [5.41, 5.74) is 0. The summed E-state index contributed by atoms with van der Waals surface area (Å²) in [5.74, 6) is -5.23. The van der Waals surface area contributed by atoms with Crippen molar-refractivity contribution >= 4 is 15.9 Å². The summed E-state index contributed by atoms with van der Waals surface area (Å²) in [6.07, 6.45) is 3.01. The fourth-order valence-electron chi connectivity index (χ4n) is 2.74. The zero-order valence-electron chi connectivity index (χ0n) is 14.1. The zero-order chi connectivity index (χ0) is 19.6. The van der Waals surface area contributed by atoms with Gasteiger partial charge in [0.1, 0.15) is 17.6 Å². The van der Waals surface area contributed by atoms with Crippen LogP contribution in [0, 0.1) is 17.5 Å². The molecule has 0 unspecified atom stereocenters. The molecule has 0 saturated carbocycles. The van der Waals surface area contributed by atoms with E-state index in [1.54, 1.807) is 0 Å². The van der Waals surface area contributed by atoms with Crippen molar-refractivity contribution in [3.05, 3.63) is 42.2 Å². The summed E-state index contributed by atoms with van der Waals surface area (Å²) in [5, 5.41) is 3.89. The van der Waals surface area contributed by atoms with Crippen LogP contribution in [-0.2, 0) is 21.4 Å². The van der Waals surface area contributed by atoms with Crippen LogP contribution in [0.4, 0.5) is 13.2 Å². The summed E-state index contributed by atoms with van der Waals surface area (Å²) in [6.45, 7) is 0.421. The Balaban J connectivity index is 1.63. The fourth-order valence-corrected chi connectivity index (χ4v) is 4.22. The standard InChI is InChI=1S/C15H16F3N5O3S/c16-11-1-2-12(15(18)14(11)17)27(25,26)23-7-5-21(6-8-23)13(24)3-4-22-10-19-9-20-22/h1-2,9-10H,3-8H2. The molecule has 1 saturated heterocycles. The number of sulfonamides is 1. The van der Waals surface area contributed by atoms with Gasteiger partial charge in [0.25, 0.3) is 0 Å². The molecule has 1 aromatic carbocycles. The van der Waals surface area contributed by atoms with Crippen LogP contribution in [0.3, 0.4) is 0 Å². The number of rotatable bonds is 5. The molecule has 0 N–H and O–H groups in total. The van der Waals surface area contributed by atoms with E-state index >= 15 is 0 Å². The van der Waals surface area contributed by atoms with Gasteiger partial charge in [-0.25, -0.2) is 26.6 Å². The first-order valence-electron chi connectivity index (χ1n) is 8.04. The molecule has 2 heterocycles. The largest absolute Gasteiger partial charge is 0.340 e. The normalized spacial score (nSPS) is 15.9. The molecule has 2 aromatic rings. The quantitative estimate of drug-likeness (QED) is 0.683. The molecule has 0 bridgehead atoms. The average molecular weight is 403 g/mol. The SMILES string of the molecule is O=C(CCn1cncn1)N1CCN(S(=O)(=O)c2ccc(F)c(F)c2F)CC1. The Kier molecular flexibility index (Phi) is 5.46. The molecule has 0 atom stereocenters. The molecule has 0 aliphatic carbocycles. The molecular weight excluding hydrogens is 387 g/mol. The molecule has 12 heteroatoms. The maximum atomic E-state index is 13.9. The van der Waals surface area contributed by atoms with Crippen LogP contribution in [0.1, 0.15) is 6.42 Å². The molecule has 1 aliphatic rings. The number of amides is 1. The number of carbonyl (C=O) groups is 1. The molecule has 1 aliphatic heterocycles. The summed E-state index contributed by atoms with van der Waals surface area (Å²) in [4.78, 5) is 16.5. The Labute approximate surface area is 153 Å². The molecule has 146 valence electrons. The van der Waals surface area contributed by atoms with E-state index in [0.717, 1.165) is 4.31 Å². The van der Waals surface area contributed by atoms with Crippen molar-refractivity contribution in [1.82, 2.24) is 24.0 Å². The minimum Gasteiger partial charge on any atom is -0.340 e. The highest BCUT2D eigenvalue weighted by Crippen LogP contribution is 2.24. The van der Waals surface area contributed by atoms with E-state index in [4.69, 9.17) is 0 Å². The zero-order valence-corrected chi connectivity index (χ0v) is 14.9. The fraction of sp³-hybridized carbons (Fsp3) is 0.400. The van der Waals surface area contributed by atoms with E-state index < -0.39 is 32.4 Å². The van der Waals surface area contributed by atoms with Crippen molar-refractivity contribution in [3.8, 4) is 0 Å². The van der Waals surface area contributed by atoms with Crippen molar-refractivity contribution in [3.63, 3.8) is 0 Å². The molecular formula is C15H16F3N5O3S.